The summed E-state index contributed by atoms with van der Waals surface area (Å²) in [5.41, 5.74) is 1.16. The van der Waals surface area contributed by atoms with E-state index in [1.54, 1.807) is 0 Å². The monoisotopic (exact) mass is 332 g/mol. The molecular formula is C18H28N4O2. The Morgan fingerprint density at radius 1 is 1.25 bits per heavy atom. The van der Waals surface area contributed by atoms with E-state index in [2.05, 4.69) is 33.5 Å². The predicted molar refractivity (Wildman–Crippen MR) is 94.5 cm³/mol. The van der Waals surface area contributed by atoms with Crippen LogP contribution in [0.2, 0.25) is 0 Å². The van der Waals surface area contributed by atoms with Crippen LogP contribution in [0, 0.1) is 0 Å². The topological polar surface area (TPSA) is 56.8 Å². The van der Waals surface area contributed by atoms with Crippen molar-refractivity contribution >= 4 is 6.03 Å². The van der Waals surface area contributed by atoms with Gasteiger partial charge < -0.3 is 25.2 Å². The highest BCUT2D eigenvalue weighted by Crippen LogP contribution is 2.23. The summed E-state index contributed by atoms with van der Waals surface area (Å²) in [5, 5.41) is 5.97. The van der Waals surface area contributed by atoms with Crippen LogP contribution in [0.1, 0.15) is 12.0 Å². The molecule has 0 aromatic heterocycles. The van der Waals surface area contributed by atoms with Crippen LogP contribution in [0.3, 0.4) is 0 Å². The Morgan fingerprint density at radius 2 is 2.04 bits per heavy atom. The zero-order valence-corrected chi connectivity index (χ0v) is 14.5. The molecule has 132 valence electrons. The largest absolute Gasteiger partial charge is 0.491 e. The maximum Gasteiger partial charge on any atom is 0.315 e. The number of benzene rings is 1. The van der Waals surface area contributed by atoms with E-state index in [1.807, 2.05) is 18.2 Å². The van der Waals surface area contributed by atoms with E-state index in [4.69, 9.17) is 4.74 Å². The van der Waals surface area contributed by atoms with Crippen LogP contribution in [0.25, 0.3) is 0 Å². The third-order valence-corrected chi connectivity index (χ3v) is 4.75. The number of amides is 2. The number of carbonyl (C=O) groups is 1. The Labute approximate surface area is 144 Å². The standard InChI is InChI=1S/C18H28N4O2/c1-21-9-11-22(12-10-21)8-4-7-19-18(23)20-16-13-15-5-2-3-6-17(15)24-14-16/h2-3,5-6,16H,4,7-14H2,1H3,(H2,19,20,23)/t16-/m1/s1. The number of nitrogens with zero attached hydrogens (tertiary/aromatic N) is 2. The SMILES string of the molecule is CN1CCN(CCCNC(=O)N[C@H]2COc3ccccc3C2)CC1. The molecule has 0 spiro atoms. The highest BCUT2D eigenvalue weighted by atomic mass is 16.5. The quantitative estimate of drug-likeness (QED) is 0.788. The number of likely N-dealkylation sites (N-methyl/N-ethyl adjacent to an activating group) is 1. The summed E-state index contributed by atoms with van der Waals surface area (Å²) in [6, 6.07) is 7.95. The Morgan fingerprint density at radius 3 is 2.88 bits per heavy atom. The molecule has 0 saturated carbocycles. The summed E-state index contributed by atoms with van der Waals surface area (Å²) in [4.78, 5) is 16.8. The average Bonchev–Trinajstić information content (AvgIpc) is 2.60. The first kappa shape index (κ1) is 17.0. The number of fused-ring (bicyclic) bond motifs is 1. The summed E-state index contributed by atoms with van der Waals surface area (Å²) >= 11 is 0. The number of ether oxygens (including phenoxy) is 1. The first-order valence-electron chi connectivity index (χ1n) is 8.86. The van der Waals surface area contributed by atoms with Crippen LogP contribution in [0.5, 0.6) is 5.75 Å². The molecule has 1 atom stereocenters. The van der Waals surface area contributed by atoms with Crippen molar-refractivity contribution in [1.29, 1.82) is 0 Å². The van der Waals surface area contributed by atoms with Gasteiger partial charge in [-0.3, -0.25) is 0 Å². The summed E-state index contributed by atoms with van der Waals surface area (Å²) in [6.45, 7) is 6.82. The van der Waals surface area contributed by atoms with Gasteiger partial charge in [0, 0.05) is 32.7 Å². The van der Waals surface area contributed by atoms with Gasteiger partial charge in [0.15, 0.2) is 0 Å². The molecule has 24 heavy (non-hydrogen) atoms. The fourth-order valence-corrected chi connectivity index (χ4v) is 3.23. The zero-order valence-electron chi connectivity index (χ0n) is 14.5. The zero-order chi connectivity index (χ0) is 16.8. The molecule has 2 N–H and O–H groups in total. The van der Waals surface area contributed by atoms with E-state index in [9.17, 15) is 4.79 Å². The number of hydrogen-bond donors (Lipinski definition) is 2. The second-order valence-electron chi connectivity index (χ2n) is 6.72. The van der Waals surface area contributed by atoms with Gasteiger partial charge in [0.2, 0.25) is 0 Å². The summed E-state index contributed by atoms with van der Waals surface area (Å²) < 4.78 is 5.70. The number of piperazine rings is 1. The van der Waals surface area contributed by atoms with Crippen LogP contribution in [0.15, 0.2) is 24.3 Å². The normalized spacial score (nSPS) is 21.6. The summed E-state index contributed by atoms with van der Waals surface area (Å²) in [5.74, 6) is 0.933. The minimum absolute atomic E-state index is 0.0394. The average molecular weight is 332 g/mol. The minimum atomic E-state index is -0.0960. The van der Waals surface area contributed by atoms with Gasteiger partial charge in [-0.05, 0) is 38.1 Å². The molecule has 0 radical (unpaired) electrons. The van der Waals surface area contributed by atoms with Gasteiger partial charge in [-0.25, -0.2) is 4.79 Å². The molecule has 0 unspecified atom stereocenters. The lowest BCUT2D eigenvalue weighted by Gasteiger charge is -2.32. The lowest BCUT2D eigenvalue weighted by atomic mass is 10.0. The first-order chi connectivity index (χ1) is 11.7. The van der Waals surface area contributed by atoms with Crippen molar-refractivity contribution in [3.8, 4) is 5.75 Å². The summed E-state index contributed by atoms with van der Waals surface area (Å²) in [7, 11) is 2.16. The van der Waals surface area contributed by atoms with Crippen molar-refractivity contribution in [2.24, 2.45) is 0 Å². The number of carbonyl (C=O) groups excluding carboxylic acids is 1. The maximum atomic E-state index is 12.0. The van der Waals surface area contributed by atoms with Crippen LogP contribution in [-0.2, 0) is 6.42 Å². The van der Waals surface area contributed by atoms with Crippen molar-refractivity contribution in [1.82, 2.24) is 20.4 Å². The molecular weight excluding hydrogens is 304 g/mol. The van der Waals surface area contributed by atoms with Crippen LogP contribution in [0.4, 0.5) is 4.79 Å². The Kier molecular flexibility index (Phi) is 5.93. The highest BCUT2D eigenvalue weighted by Gasteiger charge is 2.20. The number of rotatable bonds is 5. The molecule has 0 aliphatic carbocycles. The number of hydrogen-bond acceptors (Lipinski definition) is 4. The third kappa shape index (κ3) is 4.85. The summed E-state index contributed by atoms with van der Waals surface area (Å²) in [6.07, 6.45) is 1.81. The van der Waals surface area contributed by atoms with Crippen molar-refractivity contribution in [3.05, 3.63) is 29.8 Å². The first-order valence-corrected chi connectivity index (χ1v) is 8.86. The fraction of sp³-hybridized carbons (Fsp3) is 0.611. The smallest absolute Gasteiger partial charge is 0.315 e. The Hall–Kier alpha value is -1.79. The molecule has 6 heteroatoms. The molecule has 1 saturated heterocycles. The molecule has 1 aromatic rings. The lowest BCUT2D eigenvalue weighted by molar-refractivity contribution is 0.152. The van der Waals surface area contributed by atoms with E-state index in [1.165, 1.54) is 0 Å². The second kappa shape index (κ2) is 8.35. The molecule has 6 nitrogen and oxygen atoms in total. The molecule has 1 aromatic carbocycles. The van der Waals surface area contributed by atoms with E-state index in [0.717, 1.165) is 56.9 Å². The van der Waals surface area contributed by atoms with Gasteiger partial charge in [-0.15, -0.1) is 0 Å². The molecule has 3 rings (SSSR count). The van der Waals surface area contributed by atoms with Gasteiger partial charge in [0.25, 0.3) is 0 Å². The van der Waals surface area contributed by atoms with Crippen molar-refractivity contribution < 1.29 is 9.53 Å². The van der Waals surface area contributed by atoms with E-state index in [-0.39, 0.29) is 12.1 Å². The van der Waals surface area contributed by atoms with Crippen molar-refractivity contribution in [2.75, 3.05) is 52.9 Å². The fourth-order valence-electron chi connectivity index (χ4n) is 3.23. The second-order valence-corrected chi connectivity index (χ2v) is 6.72. The minimum Gasteiger partial charge on any atom is -0.491 e. The van der Waals surface area contributed by atoms with Gasteiger partial charge in [0.1, 0.15) is 12.4 Å². The van der Waals surface area contributed by atoms with Crippen molar-refractivity contribution in [2.45, 2.75) is 18.9 Å². The molecule has 0 bridgehead atoms. The van der Waals surface area contributed by atoms with E-state index < -0.39 is 0 Å². The Bertz CT molecular complexity index is 544. The van der Waals surface area contributed by atoms with Gasteiger partial charge in [-0.2, -0.15) is 0 Å². The number of nitrogens with one attached hydrogen (secondary N) is 2. The van der Waals surface area contributed by atoms with Crippen molar-refractivity contribution in [3.63, 3.8) is 0 Å². The van der Waals surface area contributed by atoms with Gasteiger partial charge in [-0.1, -0.05) is 18.2 Å². The number of urea groups is 1. The van der Waals surface area contributed by atoms with Crippen LogP contribution < -0.4 is 15.4 Å². The molecule has 2 aliphatic heterocycles. The van der Waals surface area contributed by atoms with Gasteiger partial charge >= 0.3 is 6.03 Å². The molecule has 2 heterocycles. The van der Waals surface area contributed by atoms with Gasteiger partial charge in [0.05, 0.1) is 6.04 Å². The molecule has 2 amide bonds. The molecule has 2 aliphatic rings. The van der Waals surface area contributed by atoms with Crippen LogP contribution in [-0.4, -0.2) is 74.8 Å². The predicted octanol–water partition coefficient (Wildman–Crippen LogP) is 0.927. The molecule has 1 fully saturated rings. The maximum absolute atomic E-state index is 12.0. The van der Waals surface area contributed by atoms with E-state index in [0.29, 0.717) is 13.2 Å². The van der Waals surface area contributed by atoms with Crippen LogP contribution >= 0.6 is 0 Å². The lowest BCUT2D eigenvalue weighted by Crippen LogP contribution is -2.48. The highest BCUT2D eigenvalue weighted by molar-refractivity contribution is 5.74. The Balaban J connectivity index is 1.31. The van der Waals surface area contributed by atoms with E-state index >= 15 is 0 Å². The number of para-hydroxylation sites is 1. The third-order valence-electron chi connectivity index (χ3n) is 4.75.